The minimum absolute atomic E-state index is 0.397. The van der Waals surface area contributed by atoms with Gasteiger partial charge in [-0.25, -0.2) is 0 Å². The lowest BCUT2D eigenvalue weighted by Crippen LogP contribution is -2.46. The van der Waals surface area contributed by atoms with Crippen molar-refractivity contribution < 1.29 is 0 Å². The van der Waals surface area contributed by atoms with Gasteiger partial charge in [0, 0.05) is 25.7 Å². The Morgan fingerprint density at radius 3 is 3.11 bits per heavy atom. The Kier molecular flexibility index (Phi) is 3.25. The third-order valence-electron chi connectivity index (χ3n) is 3.99. The van der Waals surface area contributed by atoms with Crippen LogP contribution in [0.15, 0.2) is 6.33 Å². The van der Waals surface area contributed by atoms with Gasteiger partial charge in [-0.3, -0.25) is 10.2 Å². The van der Waals surface area contributed by atoms with Gasteiger partial charge >= 0.3 is 0 Å². The minimum atomic E-state index is -0.397. The van der Waals surface area contributed by atoms with Crippen molar-refractivity contribution >= 4 is 0 Å². The molecule has 0 bridgehead atoms. The van der Waals surface area contributed by atoms with Crippen LogP contribution in [-0.4, -0.2) is 44.3 Å². The summed E-state index contributed by atoms with van der Waals surface area (Å²) in [6.07, 6.45) is 5.07. The lowest BCUT2D eigenvalue weighted by molar-refractivity contribution is 0.198. The minimum Gasteiger partial charge on any atom is -0.315 e. The third-order valence-corrected chi connectivity index (χ3v) is 3.99. The van der Waals surface area contributed by atoms with Crippen molar-refractivity contribution in [1.82, 2.24) is 25.0 Å². The number of nitriles is 1. The predicted molar refractivity (Wildman–Crippen MR) is 70.1 cm³/mol. The second kappa shape index (κ2) is 4.91. The first kappa shape index (κ1) is 12.6. The summed E-state index contributed by atoms with van der Waals surface area (Å²) in [4.78, 5) is 2.36. The van der Waals surface area contributed by atoms with Crippen LogP contribution in [0.3, 0.4) is 0 Å². The topological polar surface area (TPSA) is 69.8 Å². The molecule has 1 unspecified atom stereocenters. The van der Waals surface area contributed by atoms with E-state index in [1.807, 2.05) is 6.92 Å². The molecule has 0 amide bonds. The first-order chi connectivity index (χ1) is 9.18. The summed E-state index contributed by atoms with van der Waals surface area (Å²) < 4.78 is 2.10. The van der Waals surface area contributed by atoms with Crippen LogP contribution in [-0.2, 0) is 13.1 Å². The summed E-state index contributed by atoms with van der Waals surface area (Å²) in [5.41, 5.74) is -0.397. The van der Waals surface area contributed by atoms with Gasteiger partial charge in [0.1, 0.15) is 17.7 Å². The maximum Gasteiger partial charge on any atom is 0.147 e. The van der Waals surface area contributed by atoms with Crippen LogP contribution in [0.5, 0.6) is 0 Å². The van der Waals surface area contributed by atoms with Gasteiger partial charge in [0.2, 0.25) is 0 Å². The van der Waals surface area contributed by atoms with Crippen molar-refractivity contribution in [3.05, 3.63) is 12.2 Å². The highest BCUT2D eigenvalue weighted by Gasteiger charge is 2.33. The van der Waals surface area contributed by atoms with E-state index in [4.69, 9.17) is 0 Å². The molecule has 3 rings (SSSR count). The quantitative estimate of drug-likeness (QED) is 0.835. The number of rotatable bonds is 5. The summed E-state index contributed by atoms with van der Waals surface area (Å²) >= 11 is 0. The lowest BCUT2D eigenvalue weighted by atomic mass is 9.99. The summed E-state index contributed by atoms with van der Waals surface area (Å²) in [6.45, 7) is 5.73. The van der Waals surface area contributed by atoms with E-state index in [2.05, 4.69) is 31.1 Å². The molecule has 6 heteroatoms. The third kappa shape index (κ3) is 2.94. The molecule has 2 heterocycles. The zero-order chi connectivity index (χ0) is 13.3. The van der Waals surface area contributed by atoms with Crippen LogP contribution in [0.25, 0.3) is 0 Å². The Balaban J connectivity index is 1.53. The van der Waals surface area contributed by atoms with Crippen molar-refractivity contribution in [3.63, 3.8) is 0 Å². The summed E-state index contributed by atoms with van der Waals surface area (Å²) in [6, 6.07) is 3.00. The number of hydrogen-bond donors (Lipinski definition) is 1. The zero-order valence-electron chi connectivity index (χ0n) is 11.3. The number of nitrogens with zero attached hydrogens (tertiary/aromatic N) is 5. The Bertz CT molecular complexity index is 486. The highest BCUT2D eigenvalue weighted by molar-refractivity contribution is 5.07. The smallest absolute Gasteiger partial charge is 0.147 e. The fraction of sp³-hybridized carbons (Fsp3) is 0.769. The molecule has 1 aromatic rings. The van der Waals surface area contributed by atoms with Crippen LogP contribution in [0.2, 0.25) is 0 Å². The Labute approximate surface area is 113 Å². The standard InChI is InChI=1S/C13H20N6/c1-13(9-14,16-11-2-3-11)4-5-18-6-7-19-10-15-17-12(19)8-18/h10-11,16H,2-8H2,1H3. The number of hydrogen-bond acceptors (Lipinski definition) is 5. The summed E-state index contributed by atoms with van der Waals surface area (Å²) in [5.74, 6) is 1.03. The molecule has 102 valence electrons. The average molecular weight is 260 g/mol. The summed E-state index contributed by atoms with van der Waals surface area (Å²) in [5, 5.41) is 20.9. The Morgan fingerprint density at radius 2 is 2.37 bits per heavy atom. The van der Waals surface area contributed by atoms with Gasteiger partial charge in [-0.2, -0.15) is 5.26 Å². The maximum absolute atomic E-state index is 9.36. The first-order valence-corrected chi connectivity index (χ1v) is 6.96. The molecular weight excluding hydrogens is 240 g/mol. The van der Waals surface area contributed by atoms with Crippen LogP contribution >= 0.6 is 0 Å². The van der Waals surface area contributed by atoms with Crippen molar-refractivity contribution in [2.45, 2.75) is 50.9 Å². The Hall–Kier alpha value is -1.45. The van der Waals surface area contributed by atoms with Gasteiger partial charge in [0.15, 0.2) is 0 Å². The maximum atomic E-state index is 9.36. The fourth-order valence-electron chi connectivity index (χ4n) is 2.53. The number of fused-ring (bicyclic) bond motifs is 1. The van der Waals surface area contributed by atoms with Crippen LogP contribution < -0.4 is 5.32 Å². The van der Waals surface area contributed by atoms with Crippen LogP contribution in [0.1, 0.15) is 32.0 Å². The first-order valence-electron chi connectivity index (χ1n) is 6.96. The van der Waals surface area contributed by atoms with E-state index in [9.17, 15) is 5.26 Å². The number of nitrogens with one attached hydrogen (secondary N) is 1. The van der Waals surface area contributed by atoms with Crippen LogP contribution in [0, 0.1) is 11.3 Å². The molecule has 1 N–H and O–H groups in total. The monoisotopic (exact) mass is 260 g/mol. The normalized spacial score (nSPS) is 22.5. The van der Waals surface area contributed by atoms with Crippen molar-refractivity contribution in [2.75, 3.05) is 13.1 Å². The molecule has 19 heavy (non-hydrogen) atoms. The molecule has 1 fully saturated rings. The van der Waals surface area contributed by atoms with E-state index in [0.717, 1.165) is 38.4 Å². The molecule has 1 atom stereocenters. The van der Waals surface area contributed by atoms with Gasteiger partial charge in [-0.1, -0.05) is 0 Å². The summed E-state index contributed by atoms with van der Waals surface area (Å²) in [7, 11) is 0. The van der Waals surface area contributed by atoms with E-state index in [1.54, 1.807) is 6.33 Å². The Morgan fingerprint density at radius 1 is 1.53 bits per heavy atom. The average Bonchev–Trinajstić information content (AvgIpc) is 3.10. The van der Waals surface area contributed by atoms with E-state index in [1.165, 1.54) is 12.8 Å². The van der Waals surface area contributed by atoms with Crippen molar-refractivity contribution in [1.29, 1.82) is 5.26 Å². The predicted octanol–water partition coefficient (Wildman–Crippen LogP) is 0.518. The molecule has 0 spiro atoms. The highest BCUT2D eigenvalue weighted by atomic mass is 15.3. The fourth-order valence-corrected chi connectivity index (χ4v) is 2.53. The highest BCUT2D eigenvalue weighted by Crippen LogP contribution is 2.24. The van der Waals surface area contributed by atoms with Gasteiger partial charge in [-0.15, -0.1) is 10.2 Å². The molecule has 1 aliphatic heterocycles. The molecule has 0 saturated heterocycles. The van der Waals surface area contributed by atoms with Gasteiger partial charge < -0.3 is 4.57 Å². The molecule has 0 aromatic carbocycles. The molecule has 1 aromatic heterocycles. The molecule has 1 aliphatic carbocycles. The van der Waals surface area contributed by atoms with Gasteiger partial charge in [0.25, 0.3) is 0 Å². The van der Waals surface area contributed by atoms with Gasteiger partial charge in [0.05, 0.1) is 12.6 Å². The van der Waals surface area contributed by atoms with E-state index < -0.39 is 5.54 Å². The molecule has 1 saturated carbocycles. The van der Waals surface area contributed by atoms with E-state index >= 15 is 0 Å². The largest absolute Gasteiger partial charge is 0.315 e. The SMILES string of the molecule is CC(C#N)(CCN1CCn2cnnc2C1)NC1CC1. The molecular formula is C13H20N6. The second-order valence-corrected chi connectivity index (χ2v) is 5.83. The van der Waals surface area contributed by atoms with Crippen molar-refractivity contribution in [3.8, 4) is 6.07 Å². The number of aromatic nitrogens is 3. The molecule has 6 nitrogen and oxygen atoms in total. The lowest BCUT2D eigenvalue weighted by Gasteiger charge is -2.30. The van der Waals surface area contributed by atoms with Crippen LogP contribution in [0.4, 0.5) is 0 Å². The second-order valence-electron chi connectivity index (χ2n) is 5.83. The van der Waals surface area contributed by atoms with Crippen molar-refractivity contribution in [2.24, 2.45) is 0 Å². The molecule has 0 radical (unpaired) electrons. The van der Waals surface area contributed by atoms with E-state index in [-0.39, 0.29) is 0 Å². The zero-order valence-corrected chi connectivity index (χ0v) is 11.3. The van der Waals surface area contributed by atoms with Gasteiger partial charge in [-0.05, 0) is 26.2 Å². The molecule has 2 aliphatic rings. The van der Waals surface area contributed by atoms with E-state index in [0.29, 0.717) is 6.04 Å².